The molecule has 170 valence electrons. The molecule has 0 bridgehead atoms. The molecule has 0 spiro atoms. The molecule has 1 N–H and O–H groups in total. The number of hydrogen-bond donors (Lipinski definition) is 1. The lowest BCUT2D eigenvalue weighted by Gasteiger charge is -2.23. The topological polar surface area (TPSA) is 97.4 Å². The fourth-order valence-corrected chi connectivity index (χ4v) is 4.01. The molecule has 8 heteroatoms. The molecular formula is C26H20FN3O4. The maximum absolute atomic E-state index is 12.4. The number of hydrogen-bond acceptors (Lipinski definition) is 6. The quantitative estimate of drug-likeness (QED) is 0.414. The average molecular weight is 457 g/mol. The molecule has 2 aromatic heterocycles. The van der Waals surface area contributed by atoms with Crippen LogP contribution in [0.25, 0.3) is 33.6 Å². The Hall–Kier alpha value is -4.22. The normalized spacial score (nSPS) is 14.0. The van der Waals surface area contributed by atoms with Crippen molar-refractivity contribution >= 4 is 17.0 Å². The van der Waals surface area contributed by atoms with Gasteiger partial charge in [-0.15, -0.1) is 0 Å². The van der Waals surface area contributed by atoms with Crippen LogP contribution in [0.3, 0.4) is 0 Å². The molecule has 0 saturated carbocycles. The van der Waals surface area contributed by atoms with Crippen LogP contribution in [-0.4, -0.2) is 30.2 Å². The first-order valence-electron chi connectivity index (χ1n) is 10.8. The van der Waals surface area contributed by atoms with Gasteiger partial charge in [0.2, 0.25) is 0 Å². The second kappa shape index (κ2) is 9.33. The van der Waals surface area contributed by atoms with Gasteiger partial charge in [0.05, 0.1) is 18.8 Å². The number of fused-ring (bicyclic) bond motifs is 1. The van der Waals surface area contributed by atoms with Crippen LogP contribution in [0.15, 0.2) is 65.2 Å². The molecule has 0 atom stereocenters. The van der Waals surface area contributed by atoms with Gasteiger partial charge >= 0.3 is 0 Å². The third-order valence-corrected chi connectivity index (χ3v) is 5.80. The van der Waals surface area contributed by atoms with Gasteiger partial charge in [0.1, 0.15) is 29.2 Å². The summed E-state index contributed by atoms with van der Waals surface area (Å²) < 4.78 is 29.9. The van der Waals surface area contributed by atoms with Gasteiger partial charge in [-0.2, -0.15) is 10.8 Å². The van der Waals surface area contributed by atoms with Crippen molar-refractivity contribution in [2.75, 3.05) is 13.2 Å². The summed E-state index contributed by atoms with van der Waals surface area (Å²) >= 11 is 0. The van der Waals surface area contributed by atoms with E-state index in [-0.39, 0.29) is 11.7 Å². The maximum Gasteiger partial charge on any atom is 0.278 e. The van der Waals surface area contributed by atoms with Gasteiger partial charge in [-0.3, -0.25) is 9.78 Å². The molecule has 1 aliphatic rings. The summed E-state index contributed by atoms with van der Waals surface area (Å²) in [7, 11) is 0. The lowest BCUT2D eigenvalue weighted by Crippen LogP contribution is -2.26. The highest BCUT2D eigenvalue weighted by Gasteiger charge is 2.19. The highest BCUT2D eigenvalue weighted by atomic mass is 19.2. The Balaban J connectivity index is 1.47. The summed E-state index contributed by atoms with van der Waals surface area (Å²) in [4.78, 5) is 15.8. The predicted octanol–water partition coefficient (Wildman–Crippen LogP) is 5.21. The first-order valence-corrected chi connectivity index (χ1v) is 10.8. The zero-order valence-electron chi connectivity index (χ0n) is 18.1. The van der Waals surface area contributed by atoms with E-state index in [0.29, 0.717) is 41.4 Å². The van der Waals surface area contributed by atoms with Gasteiger partial charge in [-0.25, -0.2) is 0 Å². The number of aromatic nitrogens is 1. The van der Waals surface area contributed by atoms with E-state index < -0.39 is 5.91 Å². The highest BCUT2D eigenvalue weighted by Crippen LogP contribution is 2.35. The molecule has 5 rings (SSSR count). The standard InChI is InChI=1S/C26H20FN3O4/c27-30-26(31)17-3-1-16(2-4-17)24-14-22-25(34-24)21(7-10-29-22)18-5-6-23(19(13-18)15-28)33-20-8-11-32-12-9-20/h1-7,10,13-14,20H,8-9,11-12H2,(H,30,31). The number of halogens is 1. The first kappa shape index (κ1) is 21.6. The number of carbonyl (C=O) groups excluding carboxylic acids is 1. The molecule has 2 aromatic carbocycles. The number of amides is 1. The van der Waals surface area contributed by atoms with E-state index in [4.69, 9.17) is 13.9 Å². The Kier molecular flexibility index (Phi) is 5.93. The Bertz CT molecular complexity index is 1390. The number of ether oxygens (including phenoxy) is 2. The van der Waals surface area contributed by atoms with Crippen molar-refractivity contribution in [2.45, 2.75) is 18.9 Å². The first-order chi connectivity index (χ1) is 16.7. The van der Waals surface area contributed by atoms with Gasteiger partial charge in [0.15, 0.2) is 5.58 Å². The molecule has 3 heterocycles. The summed E-state index contributed by atoms with van der Waals surface area (Å²) in [6.07, 6.45) is 3.32. The zero-order chi connectivity index (χ0) is 23.5. The Morgan fingerprint density at radius 2 is 1.85 bits per heavy atom. The Labute approximate surface area is 194 Å². The van der Waals surface area contributed by atoms with Crippen LogP contribution in [0.2, 0.25) is 0 Å². The minimum absolute atomic E-state index is 0.0364. The van der Waals surface area contributed by atoms with E-state index in [2.05, 4.69) is 11.1 Å². The number of nitrogens with zero attached hydrogens (tertiary/aromatic N) is 2. The third-order valence-electron chi connectivity index (χ3n) is 5.80. The Morgan fingerprint density at radius 1 is 1.09 bits per heavy atom. The predicted molar refractivity (Wildman–Crippen MR) is 123 cm³/mol. The largest absolute Gasteiger partial charge is 0.489 e. The number of nitriles is 1. The maximum atomic E-state index is 12.4. The van der Waals surface area contributed by atoms with Crippen molar-refractivity contribution in [2.24, 2.45) is 0 Å². The Morgan fingerprint density at radius 3 is 2.59 bits per heavy atom. The SMILES string of the molecule is N#Cc1cc(-c2ccnc3cc(-c4ccc(C(=O)NF)cc4)oc23)ccc1OC1CCOCC1. The molecule has 1 fully saturated rings. The summed E-state index contributed by atoms with van der Waals surface area (Å²) in [6.45, 7) is 1.32. The molecule has 7 nitrogen and oxygen atoms in total. The van der Waals surface area contributed by atoms with Gasteiger partial charge in [0.25, 0.3) is 5.91 Å². The van der Waals surface area contributed by atoms with Gasteiger partial charge in [-0.05, 0) is 35.9 Å². The molecule has 1 saturated heterocycles. The average Bonchev–Trinajstić information content (AvgIpc) is 3.34. The van der Waals surface area contributed by atoms with Crippen LogP contribution >= 0.6 is 0 Å². The van der Waals surface area contributed by atoms with Crippen molar-refractivity contribution in [3.8, 4) is 34.3 Å². The fourth-order valence-electron chi connectivity index (χ4n) is 4.01. The van der Waals surface area contributed by atoms with Crippen molar-refractivity contribution in [1.82, 2.24) is 10.5 Å². The minimum atomic E-state index is -0.808. The second-order valence-electron chi connectivity index (χ2n) is 7.94. The van der Waals surface area contributed by atoms with Crippen LogP contribution in [0.1, 0.15) is 28.8 Å². The van der Waals surface area contributed by atoms with E-state index in [0.717, 1.165) is 35.1 Å². The summed E-state index contributed by atoms with van der Waals surface area (Å²) in [5.41, 5.74) is 5.30. The lowest BCUT2D eigenvalue weighted by molar-refractivity contribution is 0.0254. The molecule has 34 heavy (non-hydrogen) atoms. The minimum Gasteiger partial charge on any atom is -0.489 e. The van der Waals surface area contributed by atoms with Gasteiger partial charge < -0.3 is 13.9 Å². The lowest BCUT2D eigenvalue weighted by atomic mass is 10.0. The number of rotatable bonds is 5. The van der Waals surface area contributed by atoms with Crippen LogP contribution in [0, 0.1) is 11.3 Å². The molecule has 1 aliphatic heterocycles. The van der Waals surface area contributed by atoms with Gasteiger partial charge in [-0.1, -0.05) is 22.7 Å². The van der Waals surface area contributed by atoms with Crippen molar-refractivity contribution < 1.29 is 23.2 Å². The third kappa shape index (κ3) is 4.21. The van der Waals surface area contributed by atoms with Gasteiger partial charge in [0, 0.05) is 41.8 Å². The molecule has 0 radical (unpaired) electrons. The number of pyridine rings is 1. The molecule has 0 aliphatic carbocycles. The summed E-state index contributed by atoms with van der Waals surface area (Å²) in [6, 6.07) is 17.8. The van der Waals surface area contributed by atoms with Crippen LogP contribution in [-0.2, 0) is 4.74 Å². The number of nitrogens with one attached hydrogen (secondary N) is 1. The van der Waals surface area contributed by atoms with E-state index in [1.54, 1.807) is 30.5 Å². The number of benzene rings is 2. The molecule has 1 amide bonds. The van der Waals surface area contributed by atoms with Crippen LogP contribution in [0.4, 0.5) is 4.48 Å². The highest BCUT2D eigenvalue weighted by molar-refractivity contribution is 5.95. The van der Waals surface area contributed by atoms with Crippen LogP contribution < -0.4 is 10.3 Å². The fraction of sp³-hybridized carbons (Fsp3) is 0.192. The van der Waals surface area contributed by atoms with E-state index in [1.165, 1.54) is 12.1 Å². The van der Waals surface area contributed by atoms with E-state index in [9.17, 15) is 14.5 Å². The summed E-state index contributed by atoms with van der Waals surface area (Å²) in [5, 5.41) is 9.72. The molecule has 4 aromatic rings. The molecule has 0 unspecified atom stereocenters. The van der Waals surface area contributed by atoms with Crippen molar-refractivity contribution in [1.29, 1.82) is 5.26 Å². The summed E-state index contributed by atoms with van der Waals surface area (Å²) in [5.74, 6) is 0.306. The van der Waals surface area contributed by atoms with Crippen molar-refractivity contribution in [3.63, 3.8) is 0 Å². The monoisotopic (exact) mass is 457 g/mol. The second-order valence-corrected chi connectivity index (χ2v) is 7.94. The zero-order valence-corrected chi connectivity index (χ0v) is 18.1. The van der Waals surface area contributed by atoms with Crippen molar-refractivity contribution in [3.05, 3.63) is 71.9 Å². The van der Waals surface area contributed by atoms with E-state index >= 15 is 0 Å². The number of carbonyl (C=O) groups is 1. The smallest absolute Gasteiger partial charge is 0.278 e. The molecular weight excluding hydrogens is 437 g/mol. The van der Waals surface area contributed by atoms with E-state index in [1.807, 2.05) is 18.2 Å². The van der Waals surface area contributed by atoms with Crippen LogP contribution in [0.5, 0.6) is 5.75 Å². The number of furan rings is 1.